The molecule has 5 heteroatoms. The molecular formula is C16H13NO4. The molecule has 0 saturated heterocycles. The van der Waals surface area contributed by atoms with Crippen molar-refractivity contribution in [3.63, 3.8) is 0 Å². The quantitative estimate of drug-likeness (QED) is 0.767. The SMILES string of the molecule is O=C(O)C(O)(Cc1ccccc1)c1noc2ccccc12. The lowest BCUT2D eigenvalue weighted by atomic mass is 9.89. The molecule has 0 aliphatic rings. The van der Waals surface area contributed by atoms with Crippen molar-refractivity contribution < 1.29 is 19.5 Å². The molecule has 1 unspecified atom stereocenters. The highest BCUT2D eigenvalue weighted by Gasteiger charge is 2.42. The lowest BCUT2D eigenvalue weighted by Crippen LogP contribution is -2.38. The minimum Gasteiger partial charge on any atom is -0.479 e. The van der Waals surface area contributed by atoms with Crippen LogP contribution in [0.1, 0.15) is 11.3 Å². The third kappa shape index (κ3) is 2.28. The molecule has 1 atom stereocenters. The Morgan fingerprint density at radius 3 is 2.48 bits per heavy atom. The standard InChI is InChI=1S/C16H13NO4/c18-15(19)16(20,10-11-6-2-1-3-7-11)14-12-8-4-5-9-13(12)21-17-14/h1-9,20H,10H2,(H,18,19). The van der Waals surface area contributed by atoms with Crippen LogP contribution in [-0.4, -0.2) is 21.3 Å². The molecule has 1 heterocycles. The summed E-state index contributed by atoms with van der Waals surface area (Å²) in [4.78, 5) is 11.6. The third-order valence-corrected chi connectivity index (χ3v) is 3.43. The number of para-hydroxylation sites is 1. The Bertz CT molecular complexity index is 781. The van der Waals surface area contributed by atoms with Crippen LogP contribution < -0.4 is 0 Å². The second kappa shape index (κ2) is 5.03. The van der Waals surface area contributed by atoms with Gasteiger partial charge in [-0.2, -0.15) is 0 Å². The van der Waals surface area contributed by atoms with Crippen molar-refractivity contribution in [1.82, 2.24) is 5.16 Å². The van der Waals surface area contributed by atoms with Crippen LogP contribution in [0, 0.1) is 0 Å². The van der Waals surface area contributed by atoms with Crippen LogP contribution in [0.25, 0.3) is 11.0 Å². The van der Waals surface area contributed by atoms with E-state index < -0.39 is 11.6 Å². The number of fused-ring (bicyclic) bond motifs is 1. The Labute approximate surface area is 120 Å². The first-order valence-electron chi connectivity index (χ1n) is 6.46. The highest BCUT2D eigenvalue weighted by atomic mass is 16.5. The highest BCUT2D eigenvalue weighted by molar-refractivity contribution is 5.88. The molecule has 0 aliphatic heterocycles. The molecule has 2 aromatic carbocycles. The Kier molecular flexibility index (Phi) is 3.19. The van der Waals surface area contributed by atoms with Crippen molar-refractivity contribution in [1.29, 1.82) is 0 Å². The normalized spacial score (nSPS) is 14.0. The molecule has 0 aliphatic carbocycles. The van der Waals surface area contributed by atoms with Crippen LogP contribution >= 0.6 is 0 Å². The van der Waals surface area contributed by atoms with Crippen LogP contribution in [0.2, 0.25) is 0 Å². The number of carboxylic acid groups (broad SMARTS) is 1. The van der Waals surface area contributed by atoms with E-state index >= 15 is 0 Å². The molecule has 0 radical (unpaired) electrons. The van der Waals surface area contributed by atoms with E-state index in [1.54, 1.807) is 48.5 Å². The number of nitrogens with zero attached hydrogens (tertiary/aromatic N) is 1. The Morgan fingerprint density at radius 1 is 1.10 bits per heavy atom. The predicted octanol–water partition coefficient (Wildman–Crippen LogP) is 2.34. The van der Waals surface area contributed by atoms with Crippen molar-refractivity contribution in [3.05, 3.63) is 65.9 Å². The molecule has 0 fully saturated rings. The van der Waals surface area contributed by atoms with E-state index in [4.69, 9.17) is 4.52 Å². The van der Waals surface area contributed by atoms with E-state index in [1.165, 1.54) is 0 Å². The molecule has 1 aromatic heterocycles. The lowest BCUT2D eigenvalue weighted by molar-refractivity contribution is -0.160. The van der Waals surface area contributed by atoms with Gasteiger partial charge >= 0.3 is 5.97 Å². The van der Waals surface area contributed by atoms with Gasteiger partial charge in [-0.15, -0.1) is 0 Å². The number of carbonyl (C=O) groups is 1. The van der Waals surface area contributed by atoms with Crippen molar-refractivity contribution in [2.75, 3.05) is 0 Å². The zero-order valence-electron chi connectivity index (χ0n) is 11.1. The molecule has 0 saturated carbocycles. The molecule has 3 aromatic rings. The summed E-state index contributed by atoms with van der Waals surface area (Å²) in [6, 6.07) is 15.8. The smallest absolute Gasteiger partial charge is 0.342 e. The summed E-state index contributed by atoms with van der Waals surface area (Å²) in [7, 11) is 0. The van der Waals surface area contributed by atoms with Gasteiger partial charge in [-0.25, -0.2) is 4.79 Å². The molecular weight excluding hydrogens is 270 g/mol. The summed E-state index contributed by atoms with van der Waals surface area (Å²) >= 11 is 0. The molecule has 0 amide bonds. The fourth-order valence-corrected chi connectivity index (χ4v) is 2.34. The molecule has 21 heavy (non-hydrogen) atoms. The number of benzene rings is 2. The number of aromatic nitrogens is 1. The van der Waals surface area contributed by atoms with Gasteiger partial charge in [0.05, 0.1) is 0 Å². The monoisotopic (exact) mass is 283 g/mol. The molecule has 2 N–H and O–H groups in total. The fraction of sp³-hybridized carbons (Fsp3) is 0.125. The number of aliphatic carboxylic acids is 1. The maximum absolute atomic E-state index is 11.6. The second-order valence-electron chi connectivity index (χ2n) is 4.86. The molecule has 0 spiro atoms. The Morgan fingerprint density at radius 2 is 1.76 bits per heavy atom. The molecule has 0 bridgehead atoms. The number of rotatable bonds is 4. The minimum absolute atomic E-state index is 0.0226. The first-order valence-corrected chi connectivity index (χ1v) is 6.46. The van der Waals surface area contributed by atoms with Crippen LogP contribution in [0.5, 0.6) is 0 Å². The summed E-state index contributed by atoms with van der Waals surface area (Å²) in [5.74, 6) is -1.36. The van der Waals surface area contributed by atoms with E-state index in [0.717, 1.165) is 0 Å². The van der Waals surface area contributed by atoms with Crippen molar-refractivity contribution in [3.8, 4) is 0 Å². The maximum Gasteiger partial charge on any atom is 0.342 e. The second-order valence-corrected chi connectivity index (χ2v) is 4.86. The summed E-state index contributed by atoms with van der Waals surface area (Å²) < 4.78 is 5.11. The Hall–Kier alpha value is -2.66. The number of aliphatic hydroxyl groups is 1. The largest absolute Gasteiger partial charge is 0.479 e. The molecule has 5 nitrogen and oxygen atoms in total. The minimum atomic E-state index is -2.13. The summed E-state index contributed by atoms with van der Waals surface area (Å²) in [6.45, 7) is 0. The van der Waals surface area contributed by atoms with Gasteiger partial charge in [-0.05, 0) is 17.7 Å². The van der Waals surface area contributed by atoms with Gasteiger partial charge in [-0.3, -0.25) is 0 Å². The van der Waals surface area contributed by atoms with Gasteiger partial charge in [0.2, 0.25) is 5.60 Å². The zero-order valence-corrected chi connectivity index (χ0v) is 11.1. The van der Waals surface area contributed by atoms with Gasteiger partial charge in [0.15, 0.2) is 5.58 Å². The average Bonchev–Trinajstić information content (AvgIpc) is 2.92. The number of carboxylic acids is 1. The van der Waals surface area contributed by atoms with Crippen molar-refractivity contribution in [2.45, 2.75) is 12.0 Å². The summed E-state index contributed by atoms with van der Waals surface area (Å²) in [5, 5.41) is 24.4. The first-order chi connectivity index (χ1) is 10.1. The van der Waals surface area contributed by atoms with E-state index in [9.17, 15) is 15.0 Å². The van der Waals surface area contributed by atoms with Gasteiger partial charge in [0, 0.05) is 11.8 Å². The van der Waals surface area contributed by atoms with E-state index in [0.29, 0.717) is 16.5 Å². The van der Waals surface area contributed by atoms with E-state index in [1.807, 2.05) is 6.07 Å². The topological polar surface area (TPSA) is 83.6 Å². The summed E-state index contributed by atoms with van der Waals surface area (Å²) in [6.07, 6.45) is -0.0836. The van der Waals surface area contributed by atoms with Crippen LogP contribution in [0.15, 0.2) is 59.1 Å². The van der Waals surface area contributed by atoms with Crippen molar-refractivity contribution >= 4 is 16.9 Å². The van der Waals surface area contributed by atoms with E-state index in [2.05, 4.69) is 5.16 Å². The fourth-order valence-electron chi connectivity index (χ4n) is 2.34. The lowest BCUT2D eigenvalue weighted by Gasteiger charge is -2.21. The van der Waals surface area contributed by atoms with Gasteiger partial charge in [0.25, 0.3) is 0 Å². The average molecular weight is 283 g/mol. The Balaban J connectivity index is 2.11. The predicted molar refractivity (Wildman–Crippen MR) is 75.7 cm³/mol. The van der Waals surface area contributed by atoms with Gasteiger partial charge in [-0.1, -0.05) is 47.6 Å². The number of hydrogen-bond donors (Lipinski definition) is 2. The van der Waals surface area contributed by atoms with Gasteiger partial charge in [0.1, 0.15) is 5.69 Å². The summed E-state index contributed by atoms with van der Waals surface area (Å²) in [5.41, 5.74) is -0.960. The zero-order chi connectivity index (χ0) is 14.9. The highest BCUT2D eigenvalue weighted by Crippen LogP contribution is 2.31. The van der Waals surface area contributed by atoms with E-state index in [-0.39, 0.29) is 12.1 Å². The van der Waals surface area contributed by atoms with Crippen LogP contribution in [0.3, 0.4) is 0 Å². The number of hydrogen-bond acceptors (Lipinski definition) is 4. The van der Waals surface area contributed by atoms with Gasteiger partial charge < -0.3 is 14.7 Å². The maximum atomic E-state index is 11.6. The first kappa shape index (κ1) is 13.3. The molecule has 3 rings (SSSR count). The van der Waals surface area contributed by atoms with Crippen LogP contribution in [0.4, 0.5) is 0 Å². The molecule has 106 valence electrons. The third-order valence-electron chi connectivity index (χ3n) is 3.43. The van der Waals surface area contributed by atoms with Crippen LogP contribution in [-0.2, 0) is 16.8 Å². The van der Waals surface area contributed by atoms with Crippen molar-refractivity contribution in [2.24, 2.45) is 0 Å².